The maximum absolute atomic E-state index is 12.7. The predicted octanol–water partition coefficient (Wildman–Crippen LogP) is 3.84. The van der Waals surface area contributed by atoms with Crippen LogP contribution in [0.4, 0.5) is 0 Å². The van der Waals surface area contributed by atoms with Crippen molar-refractivity contribution in [2.45, 2.75) is 6.42 Å². The van der Waals surface area contributed by atoms with Crippen molar-refractivity contribution in [2.24, 2.45) is 0 Å². The Morgan fingerprint density at radius 2 is 1.59 bits per heavy atom. The molecule has 0 aliphatic rings. The molecule has 5 heteroatoms. The average molecular weight is 365 g/mol. The minimum atomic E-state index is -0.215. The van der Waals surface area contributed by atoms with Gasteiger partial charge in [-0.25, -0.2) is 0 Å². The van der Waals surface area contributed by atoms with Gasteiger partial charge in [0.15, 0.2) is 11.5 Å². The van der Waals surface area contributed by atoms with E-state index in [1.54, 1.807) is 19.2 Å². The van der Waals surface area contributed by atoms with Gasteiger partial charge in [-0.1, -0.05) is 42.5 Å². The van der Waals surface area contributed by atoms with Crippen molar-refractivity contribution >= 4 is 16.7 Å². The monoisotopic (exact) mass is 365 g/mol. The van der Waals surface area contributed by atoms with Crippen LogP contribution in [0.5, 0.6) is 17.2 Å². The van der Waals surface area contributed by atoms with E-state index in [1.165, 1.54) is 30.6 Å². The van der Waals surface area contributed by atoms with Gasteiger partial charge in [-0.05, 0) is 34.9 Å². The molecule has 0 atom stereocenters. The fourth-order valence-electron chi connectivity index (χ4n) is 3.20. The van der Waals surface area contributed by atoms with Gasteiger partial charge in [-0.15, -0.1) is 0 Å². The van der Waals surface area contributed by atoms with E-state index in [2.05, 4.69) is 29.6 Å². The van der Waals surface area contributed by atoms with Gasteiger partial charge in [0.25, 0.3) is 5.91 Å². The number of hydrogen-bond donors (Lipinski definition) is 1. The molecule has 5 nitrogen and oxygen atoms in total. The van der Waals surface area contributed by atoms with Crippen LogP contribution in [0, 0.1) is 0 Å². The lowest BCUT2D eigenvalue weighted by atomic mass is 10.0. The summed E-state index contributed by atoms with van der Waals surface area (Å²) in [4.78, 5) is 12.7. The van der Waals surface area contributed by atoms with E-state index >= 15 is 0 Å². The molecule has 27 heavy (non-hydrogen) atoms. The second-order valence-corrected chi connectivity index (χ2v) is 6.03. The van der Waals surface area contributed by atoms with Gasteiger partial charge < -0.3 is 19.5 Å². The molecule has 0 aliphatic heterocycles. The molecule has 3 aromatic rings. The molecule has 0 spiro atoms. The summed E-state index contributed by atoms with van der Waals surface area (Å²) >= 11 is 0. The van der Waals surface area contributed by atoms with Crippen LogP contribution in [0.2, 0.25) is 0 Å². The Kier molecular flexibility index (Phi) is 5.81. The first-order chi connectivity index (χ1) is 13.2. The highest BCUT2D eigenvalue weighted by Crippen LogP contribution is 2.39. The van der Waals surface area contributed by atoms with Crippen molar-refractivity contribution < 1.29 is 19.0 Å². The number of rotatable bonds is 7. The molecule has 0 bridgehead atoms. The molecule has 0 radical (unpaired) electrons. The van der Waals surface area contributed by atoms with Gasteiger partial charge >= 0.3 is 0 Å². The minimum absolute atomic E-state index is 0.215. The van der Waals surface area contributed by atoms with E-state index in [1.807, 2.05) is 18.2 Å². The molecule has 1 amide bonds. The number of fused-ring (bicyclic) bond motifs is 1. The van der Waals surface area contributed by atoms with Gasteiger partial charge in [0.1, 0.15) is 0 Å². The normalized spacial score (nSPS) is 10.5. The molecule has 0 aromatic heterocycles. The third-order valence-corrected chi connectivity index (χ3v) is 4.51. The number of carbonyl (C=O) groups excluding carboxylic acids is 1. The van der Waals surface area contributed by atoms with E-state index in [0.717, 1.165) is 6.42 Å². The molecule has 140 valence electrons. The molecule has 0 saturated carbocycles. The molecule has 1 N–H and O–H groups in total. The standard InChI is InChI=1S/C22H23NO4/c1-25-19-12-11-18(20(26-2)21(19)27-3)22(24)23-14-13-16-9-6-8-15-7-4-5-10-17(15)16/h4-12H,13-14H2,1-3H3,(H,23,24). The fourth-order valence-corrected chi connectivity index (χ4v) is 3.20. The van der Waals surface area contributed by atoms with Crippen molar-refractivity contribution in [3.8, 4) is 17.2 Å². The highest BCUT2D eigenvalue weighted by Gasteiger charge is 2.20. The molecule has 0 saturated heterocycles. The zero-order valence-corrected chi connectivity index (χ0v) is 15.7. The number of methoxy groups -OCH3 is 3. The molecular formula is C22H23NO4. The second-order valence-electron chi connectivity index (χ2n) is 6.03. The lowest BCUT2D eigenvalue weighted by Gasteiger charge is -2.15. The zero-order valence-electron chi connectivity index (χ0n) is 15.7. The van der Waals surface area contributed by atoms with Crippen LogP contribution >= 0.6 is 0 Å². The van der Waals surface area contributed by atoms with Crippen LogP contribution in [0.1, 0.15) is 15.9 Å². The van der Waals surface area contributed by atoms with E-state index in [-0.39, 0.29) is 5.91 Å². The molecule has 3 rings (SSSR count). The summed E-state index contributed by atoms with van der Waals surface area (Å²) in [6.45, 7) is 0.518. The summed E-state index contributed by atoms with van der Waals surface area (Å²) in [7, 11) is 4.56. The minimum Gasteiger partial charge on any atom is -0.493 e. The largest absolute Gasteiger partial charge is 0.493 e. The van der Waals surface area contributed by atoms with E-state index < -0.39 is 0 Å². The maximum atomic E-state index is 12.7. The fraction of sp³-hybridized carbons (Fsp3) is 0.227. The summed E-state index contributed by atoms with van der Waals surface area (Å²) in [5, 5.41) is 5.36. The molecule has 0 fully saturated rings. The number of amides is 1. The maximum Gasteiger partial charge on any atom is 0.255 e. The van der Waals surface area contributed by atoms with E-state index in [9.17, 15) is 4.79 Å². The van der Waals surface area contributed by atoms with Crippen LogP contribution in [0.3, 0.4) is 0 Å². The van der Waals surface area contributed by atoms with Gasteiger partial charge in [-0.3, -0.25) is 4.79 Å². The quantitative estimate of drug-likeness (QED) is 0.691. The predicted molar refractivity (Wildman–Crippen MR) is 106 cm³/mol. The van der Waals surface area contributed by atoms with Crippen LogP contribution in [-0.4, -0.2) is 33.8 Å². The van der Waals surface area contributed by atoms with Gasteiger partial charge in [0.05, 0.1) is 26.9 Å². The van der Waals surface area contributed by atoms with Crippen LogP contribution in [0.15, 0.2) is 54.6 Å². The molecule has 0 aliphatic carbocycles. The summed E-state index contributed by atoms with van der Waals surface area (Å²) in [6, 6.07) is 17.8. The van der Waals surface area contributed by atoms with Crippen molar-refractivity contribution in [2.75, 3.05) is 27.9 Å². The number of ether oxygens (including phenoxy) is 3. The summed E-state index contributed by atoms with van der Waals surface area (Å²) in [6.07, 6.45) is 0.739. The highest BCUT2D eigenvalue weighted by atomic mass is 16.5. The Morgan fingerprint density at radius 1 is 0.852 bits per heavy atom. The van der Waals surface area contributed by atoms with Crippen molar-refractivity contribution in [3.05, 3.63) is 65.7 Å². The summed E-state index contributed by atoms with van der Waals surface area (Å²) in [5.74, 6) is 1.07. The first-order valence-corrected chi connectivity index (χ1v) is 8.73. The van der Waals surface area contributed by atoms with Crippen LogP contribution < -0.4 is 19.5 Å². The second kappa shape index (κ2) is 8.45. The first kappa shape index (κ1) is 18.6. The third-order valence-electron chi connectivity index (χ3n) is 4.51. The Bertz CT molecular complexity index is 947. The van der Waals surface area contributed by atoms with Crippen molar-refractivity contribution in [1.82, 2.24) is 5.32 Å². The average Bonchev–Trinajstić information content (AvgIpc) is 2.72. The highest BCUT2D eigenvalue weighted by molar-refractivity contribution is 5.98. The lowest BCUT2D eigenvalue weighted by Crippen LogP contribution is -2.26. The van der Waals surface area contributed by atoms with Crippen molar-refractivity contribution in [3.63, 3.8) is 0 Å². The van der Waals surface area contributed by atoms with Gasteiger partial charge in [0, 0.05) is 6.54 Å². The lowest BCUT2D eigenvalue weighted by molar-refractivity contribution is 0.0950. The van der Waals surface area contributed by atoms with E-state index in [0.29, 0.717) is 29.4 Å². The van der Waals surface area contributed by atoms with Crippen LogP contribution in [-0.2, 0) is 6.42 Å². The Morgan fingerprint density at radius 3 is 2.33 bits per heavy atom. The molecule has 0 unspecified atom stereocenters. The topological polar surface area (TPSA) is 56.8 Å². The molecule has 3 aromatic carbocycles. The SMILES string of the molecule is COc1ccc(C(=O)NCCc2cccc3ccccc23)c(OC)c1OC. The number of nitrogens with one attached hydrogen (secondary N) is 1. The Labute approximate surface area is 158 Å². The molecule has 0 heterocycles. The number of carbonyl (C=O) groups is 1. The summed E-state index contributed by atoms with van der Waals surface area (Å²) in [5.41, 5.74) is 1.61. The summed E-state index contributed by atoms with van der Waals surface area (Å²) < 4.78 is 16.0. The van der Waals surface area contributed by atoms with Gasteiger partial charge in [-0.2, -0.15) is 0 Å². The molecular weight excluding hydrogens is 342 g/mol. The number of hydrogen-bond acceptors (Lipinski definition) is 4. The third kappa shape index (κ3) is 3.82. The zero-order chi connectivity index (χ0) is 19.2. The van der Waals surface area contributed by atoms with Gasteiger partial charge in [0.2, 0.25) is 5.75 Å². The van der Waals surface area contributed by atoms with E-state index in [4.69, 9.17) is 14.2 Å². The number of benzene rings is 3. The smallest absolute Gasteiger partial charge is 0.255 e. The first-order valence-electron chi connectivity index (χ1n) is 8.73. The van der Waals surface area contributed by atoms with Crippen molar-refractivity contribution in [1.29, 1.82) is 0 Å². The van der Waals surface area contributed by atoms with Crippen LogP contribution in [0.25, 0.3) is 10.8 Å². The Balaban J connectivity index is 1.74. The Hall–Kier alpha value is -3.21.